The molecule has 0 saturated carbocycles. The van der Waals surface area contributed by atoms with Gasteiger partial charge in [-0.25, -0.2) is 0 Å². The molecule has 1 N–H and O–H groups in total. The fourth-order valence-electron chi connectivity index (χ4n) is 2.51. The second kappa shape index (κ2) is 7.18. The number of hydrogen-bond acceptors (Lipinski definition) is 5. The second-order valence-electron chi connectivity index (χ2n) is 6.03. The number of amides is 1. The molecule has 0 aliphatic heterocycles. The van der Waals surface area contributed by atoms with Gasteiger partial charge >= 0.3 is 0 Å². The molecule has 0 bridgehead atoms. The Morgan fingerprint density at radius 3 is 2.54 bits per heavy atom. The first kappa shape index (κ1) is 17.3. The quantitative estimate of drug-likeness (QED) is 0.552. The highest BCUT2D eigenvalue weighted by Crippen LogP contribution is 2.23. The van der Waals surface area contributed by atoms with Crippen LogP contribution in [0, 0.1) is 24.0 Å². The number of non-ortho nitro benzene ring substituents is 1. The third-order valence-electron chi connectivity index (χ3n) is 3.93. The number of rotatable bonds is 5. The van der Waals surface area contributed by atoms with Crippen molar-refractivity contribution in [2.45, 2.75) is 20.3 Å². The fourth-order valence-corrected chi connectivity index (χ4v) is 2.51. The molecule has 0 aliphatic rings. The number of aryl methyl sites for hydroxylation is 2. The molecule has 7 nitrogen and oxygen atoms in total. The Hall–Kier alpha value is -3.48. The first-order chi connectivity index (χ1) is 12.4. The maximum atomic E-state index is 12.2. The lowest BCUT2D eigenvalue weighted by Gasteiger charge is -2.07. The number of carbonyl (C=O) groups excluding carboxylic acids is 1. The number of hydrogen-bond donors (Lipinski definition) is 1. The highest BCUT2D eigenvalue weighted by molar-refractivity contribution is 5.93. The van der Waals surface area contributed by atoms with Crippen molar-refractivity contribution in [1.82, 2.24) is 5.16 Å². The highest BCUT2D eigenvalue weighted by Gasteiger charge is 2.13. The third-order valence-corrected chi connectivity index (χ3v) is 3.93. The molecule has 1 heterocycles. The van der Waals surface area contributed by atoms with Crippen molar-refractivity contribution < 1.29 is 14.2 Å². The lowest BCUT2D eigenvalue weighted by molar-refractivity contribution is -0.384. The van der Waals surface area contributed by atoms with Gasteiger partial charge in [0.25, 0.3) is 5.69 Å². The highest BCUT2D eigenvalue weighted by atomic mass is 16.6. The summed E-state index contributed by atoms with van der Waals surface area (Å²) in [6.07, 6.45) is 0.0474. The lowest BCUT2D eigenvalue weighted by Crippen LogP contribution is -2.15. The molecule has 3 rings (SSSR count). The van der Waals surface area contributed by atoms with Gasteiger partial charge in [-0.05, 0) is 25.5 Å². The Labute approximate surface area is 149 Å². The largest absolute Gasteiger partial charge is 0.356 e. The molecule has 1 amide bonds. The van der Waals surface area contributed by atoms with Gasteiger partial charge in [0.05, 0.1) is 17.0 Å². The zero-order valence-corrected chi connectivity index (χ0v) is 14.4. The number of nitrogens with one attached hydrogen (secondary N) is 1. The van der Waals surface area contributed by atoms with E-state index in [4.69, 9.17) is 4.52 Å². The van der Waals surface area contributed by atoms with Gasteiger partial charge in [0.2, 0.25) is 5.91 Å². The van der Waals surface area contributed by atoms with Crippen molar-refractivity contribution in [2.75, 3.05) is 5.32 Å². The molecule has 1 aromatic heterocycles. The molecule has 0 radical (unpaired) electrons. The van der Waals surface area contributed by atoms with Crippen molar-refractivity contribution in [3.8, 4) is 11.3 Å². The van der Waals surface area contributed by atoms with Crippen LogP contribution in [0.2, 0.25) is 0 Å². The summed E-state index contributed by atoms with van der Waals surface area (Å²) < 4.78 is 5.30. The predicted octanol–water partition coefficient (Wildman–Crippen LogP) is 4.05. The summed E-state index contributed by atoms with van der Waals surface area (Å²) in [6, 6.07) is 13.8. The second-order valence-corrected chi connectivity index (χ2v) is 6.03. The summed E-state index contributed by atoms with van der Waals surface area (Å²) in [6.45, 7) is 3.70. The van der Waals surface area contributed by atoms with Gasteiger partial charge in [0, 0.05) is 29.4 Å². The van der Waals surface area contributed by atoms with Crippen molar-refractivity contribution in [1.29, 1.82) is 0 Å². The molecule has 0 atom stereocenters. The van der Waals surface area contributed by atoms with Crippen LogP contribution in [-0.2, 0) is 11.2 Å². The van der Waals surface area contributed by atoms with E-state index in [1.54, 1.807) is 13.0 Å². The summed E-state index contributed by atoms with van der Waals surface area (Å²) in [5.74, 6) is 0.324. The molecule has 3 aromatic rings. The summed E-state index contributed by atoms with van der Waals surface area (Å²) in [7, 11) is 0. The minimum Gasteiger partial charge on any atom is -0.356 e. The Balaban J connectivity index is 1.67. The third kappa shape index (κ3) is 3.94. The van der Waals surface area contributed by atoms with E-state index < -0.39 is 4.92 Å². The molecule has 26 heavy (non-hydrogen) atoms. The molecule has 7 heteroatoms. The van der Waals surface area contributed by atoms with Gasteiger partial charge in [-0.1, -0.05) is 35.0 Å². The van der Waals surface area contributed by atoms with Gasteiger partial charge in [0.1, 0.15) is 0 Å². The van der Waals surface area contributed by atoms with E-state index in [9.17, 15) is 14.9 Å². The van der Waals surface area contributed by atoms with Gasteiger partial charge in [0.15, 0.2) is 5.76 Å². The van der Waals surface area contributed by atoms with E-state index in [0.717, 1.165) is 11.1 Å². The molecular weight excluding hydrogens is 334 g/mol. The molecule has 0 aliphatic carbocycles. The average Bonchev–Trinajstić information content (AvgIpc) is 3.05. The minimum atomic E-state index is -0.472. The van der Waals surface area contributed by atoms with E-state index in [-0.39, 0.29) is 18.0 Å². The van der Waals surface area contributed by atoms with Crippen LogP contribution >= 0.6 is 0 Å². The zero-order valence-electron chi connectivity index (χ0n) is 14.4. The normalized spacial score (nSPS) is 10.5. The Morgan fingerprint density at radius 2 is 1.88 bits per heavy atom. The number of benzene rings is 2. The molecule has 0 spiro atoms. The summed E-state index contributed by atoms with van der Waals surface area (Å²) in [5, 5.41) is 17.4. The smallest absolute Gasteiger partial charge is 0.269 e. The molecular formula is C19H17N3O4. The van der Waals surface area contributed by atoms with E-state index in [1.807, 2.05) is 31.2 Å². The van der Waals surface area contributed by atoms with E-state index in [1.165, 1.54) is 18.2 Å². The molecule has 2 aromatic carbocycles. The van der Waals surface area contributed by atoms with E-state index >= 15 is 0 Å². The van der Waals surface area contributed by atoms with Gasteiger partial charge < -0.3 is 9.84 Å². The molecule has 0 saturated heterocycles. The number of nitrogens with zero attached hydrogens (tertiary/aromatic N) is 2. The Morgan fingerprint density at radius 1 is 1.15 bits per heavy atom. The van der Waals surface area contributed by atoms with Crippen LogP contribution in [-0.4, -0.2) is 16.0 Å². The maximum absolute atomic E-state index is 12.2. The summed E-state index contributed by atoms with van der Waals surface area (Å²) in [4.78, 5) is 22.5. The van der Waals surface area contributed by atoms with Crippen LogP contribution in [0.15, 0.2) is 53.1 Å². The number of nitro benzene ring substituents is 1. The summed E-state index contributed by atoms with van der Waals surface area (Å²) >= 11 is 0. The lowest BCUT2D eigenvalue weighted by atomic mass is 10.1. The van der Waals surface area contributed by atoms with Crippen molar-refractivity contribution >= 4 is 17.3 Å². The minimum absolute atomic E-state index is 0.0141. The number of carbonyl (C=O) groups is 1. The van der Waals surface area contributed by atoms with Gasteiger partial charge in [-0.15, -0.1) is 0 Å². The fraction of sp³-hybridized carbons (Fsp3) is 0.158. The number of aromatic nitrogens is 1. The standard InChI is InChI=1S/C19H17N3O4/c1-12-3-5-14(6-4-12)18-10-15(21-26-18)11-19(23)20-17-8-7-16(22(24)25)9-13(17)2/h3-10H,11H2,1-2H3,(H,20,23). The molecule has 132 valence electrons. The average molecular weight is 351 g/mol. The van der Waals surface area contributed by atoms with Gasteiger partial charge in [-0.2, -0.15) is 0 Å². The van der Waals surface area contributed by atoms with Crippen LogP contribution in [0.4, 0.5) is 11.4 Å². The monoisotopic (exact) mass is 351 g/mol. The number of nitro groups is 1. The Kier molecular flexibility index (Phi) is 4.79. The van der Waals surface area contributed by atoms with Gasteiger partial charge in [-0.3, -0.25) is 14.9 Å². The molecule has 0 unspecified atom stereocenters. The van der Waals surface area contributed by atoms with Crippen LogP contribution in [0.3, 0.4) is 0 Å². The topological polar surface area (TPSA) is 98.3 Å². The number of anilines is 1. The zero-order chi connectivity index (χ0) is 18.7. The maximum Gasteiger partial charge on any atom is 0.269 e. The van der Waals surface area contributed by atoms with Crippen molar-refractivity contribution in [3.63, 3.8) is 0 Å². The SMILES string of the molecule is Cc1ccc(-c2cc(CC(=O)Nc3ccc([N+](=O)[O-])cc3C)no2)cc1. The van der Waals surface area contributed by atoms with E-state index in [0.29, 0.717) is 22.7 Å². The van der Waals surface area contributed by atoms with Crippen LogP contribution in [0.25, 0.3) is 11.3 Å². The predicted molar refractivity (Wildman–Crippen MR) is 96.8 cm³/mol. The van der Waals surface area contributed by atoms with Crippen molar-refractivity contribution in [3.05, 3.63) is 75.5 Å². The first-order valence-electron chi connectivity index (χ1n) is 8.00. The van der Waals surface area contributed by atoms with Crippen molar-refractivity contribution in [2.24, 2.45) is 0 Å². The molecule has 0 fully saturated rings. The Bertz CT molecular complexity index is 961. The van der Waals surface area contributed by atoms with Crippen LogP contribution < -0.4 is 5.32 Å². The van der Waals surface area contributed by atoms with Crippen LogP contribution in [0.1, 0.15) is 16.8 Å². The first-order valence-corrected chi connectivity index (χ1v) is 8.00. The van der Waals surface area contributed by atoms with Crippen LogP contribution in [0.5, 0.6) is 0 Å². The summed E-state index contributed by atoms with van der Waals surface area (Å²) in [5.41, 5.74) is 3.68. The van der Waals surface area contributed by atoms with E-state index in [2.05, 4.69) is 10.5 Å².